The van der Waals surface area contributed by atoms with Gasteiger partial charge in [-0.05, 0) is 42.7 Å². The van der Waals surface area contributed by atoms with Gasteiger partial charge in [0.25, 0.3) is 0 Å². The number of hydrogen-bond acceptors (Lipinski definition) is 5. The Morgan fingerprint density at radius 2 is 1.60 bits per heavy atom. The summed E-state index contributed by atoms with van der Waals surface area (Å²) in [4.78, 5) is 34.2. The van der Waals surface area contributed by atoms with Gasteiger partial charge in [-0.25, -0.2) is 9.18 Å². The number of urea groups is 1. The summed E-state index contributed by atoms with van der Waals surface area (Å²) in [6, 6.07) is 14.0. The minimum Gasteiger partial charge on any atom is -0.368 e. The second-order valence-corrected chi connectivity index (χ2v) is 8.50. The van der Waals surface area contributed by atoms with Crippen molar-refractivity contribution in [2.24, 2.45) is 17.4 Å². The fourth-order valence-corrected chi connectivity index (χ4v) is 3.70. The van der Waals surface area contributed by atoms with Crippen LogP contribution in [0.15, 0.2) is 54.6 Å². The molecule has 35 heavy (non-hydrogen) atoms. The lowest BCUT2D eigenvalue weighted by Gasteiger charge is -2.27. The van der Waals surface area contributed by atoms with Crippen molar-refractivity contribution in [3.05, 3.63) is 66.0 Å². The zero-order chi connectivity index (χ0) is 25.5. The molecule has 1 aliphatic carbocycles. The number of hydrogen-bond donors (Lipinski definition) is 4. The van der Waals surface area contributed by atoms with Crippen LogP contribution in [0.4, 0.5) is 14.9 Å². The number of halogens is 1. The Balaban J connectivity index is 0.000000198. The standard InChI is InChI=1S/C11H14FN3O.C8H10N2O.C7H12O/c12-9-1-3-10(4-2-9)14-11(16)15-7-5-13-6-8-15;9-7(8(10)11)6-4-2-1-3-5-6;8-6-7-4-2-1-3-5-7/h1-4,13H,5-8H2,(H,14,16);1-5,7H,9H2,(H2,10,11);6-7H,1-5H2. The quantitative estimate of drug-likeness (QED) is 0.494. The third-order valence-electron chi connectivity index (χ3n) is 5.81. The summed E-state index contributed by atoms with van der Waals surface area (Å²) in [7, 11) is 0. The van der Waals surface area contributed by atoms with E-state index >= 15 is 0 Å². The average Bonchev–Trinajstić information content (AvgIpc) is 2.91. The molecular formula is C26H36FN5O3. The molecule has 1 saturated carbocycles. The van der Waals surface area contributed by atoms with E-state index in [2.05, 4.69) is 10.6 Å². The van der Waals surface area contributed by atoms with Gasteiger partial charge in [-0.15, -0.1) is 0 Å². The fraction of sp³-hybridized carbons (Fsp3) is 0.423. The van der Waals surface area contributed by atoms with Crippen molar-refractivity contribution in [3.63, 3.8) is 0 Å². The Hall–Kier alpha value is -3.30. The number of nitrogens with one attached hydrogen (secondary N) is 2. The van der Waals surface area contributed by atoms with Crippen LogP contribution in [0.3, 0.4) is 0 Å². The molecule has 2 fully saturated rings. The van der Waals surface area contributed by atoms with E-state index in [-0.39, 0.29) is 11.8 Å². The molecule has 9 heteroatoms. The topological polar surface area (TPSA) is 131 Å². The van der Waals surface area contributed by atoms with Gasteiger partial charge in [0, 0.05) is 37.8 Å². The molecule has 1 atom stereocenters. The summed E-state index contributed by atoms with van der Waals surface area (Å²) in [5.74, 6) is -0.403. The summed E-state index contributed by atoms with van der Waals surface area (Å²) in [6.45, 7) is 3.04. The molecule has 1 saturated heterocycles. The molecule has 0 aromatic heterocycles. The van der Waals surface area contributed by atoms with Crippen molar-refractivity contribution in [2.45, 2.75) is 38.1 Å². The molecule has 4 rings (SSSR count). The molecule has 1 heterocycles. The summed E-state index contributed by atoms with van der Waals surface area (Å²) in [5, 5.41) is 5.90. The van der Waals surface area contributed by atoms with Crippen LogP contribution in [0.25, 0.3) is 0 Å². The number of amides is 3. The first-order chi connectivity index (χ1) is 16.9. The molecule has 190 valence electrons. The van der Waals surface area contributed by atoms with Gasteiger partial charge in [0.05, 0.1) is 0 Å². The molecule has 8 nitrogen and oxygen atoms in total. The van der Waals surface area contributed by atoms with E-state index in [9.17, 15) is 18.8 Å². The highest BCUT2D eigenvalue weighted by atomic mass is 19.1. The zero-order valence-corrected chi connectivity index (χ0v) is 20.0. The molecule has 0 bridgehead atoms. The van der Waals surface area contributed by atoms with Gasteiger partial charge < -0.3 is 31.8 Å². The van der Waals surface area contributed by atoms with E-state index in [1.54, 1.807) is 29.2 Å². The van der Waals surface area contributed by atoms with Crippen LogP contribution in [0.2, 0.25) is 0 Å². The summed E-state index contributed by atoms with van der Waals surface area (Å²) < 4.78 is 12.6. The van der Waals surface area contributed by atoms with Crippen molar-refractivity contribution in [1.29, 1.82) is 0 Å². The summed E-state index contributed by atoms with van der Waals surface area (Å²) in [6.07, 6.45) is 7.27. The number of primary amides is 1. The molecule has 2 aromatic carbocycles. The molecular weight excluding hydrogens is 449 g/mol. The second-order valence-electron chi connectivity index (χ2n) is 8.50. The van der Waals surface area contributed by atoms with Crippen LogP contribution in [0.1, 0.15) is 43.7 Å². The predicted molar refractivity (Wildman–Crippen MR) is 135 cm³/mol. The minimum absolute atomic E-state index is 0.131. The van der Waals surface area contributed by atoms with Crippen molar-refractivity contribution in [3.8, 4) is 0 Å². The number of aldehydes is 1. The molecule has 6 N–H and O–H groups in total. The molecule has 1 aliphatic heterocycles. The van der Waals surface area contributed by atoms with E-state index in [4.69, 9.17) is 11.5 Å². The Bertz CT molecular complexity index is 899. The normalized spacial score (nSPS) is 16.5. The van der Waals surface area contributed by atoms with Crippen LogP contribution >= 0.6 is 0 Å². The van der Waals surface area contributed by atoms with E-state index in [1.807, 2.05) is 18.2 Å². The van der Waals surface area contributed by atoms with Crippen molar-refractivity contribution in [1.82, 2.24) is 10.2 Å². The van der Waals surface area contributed by atoms with Gasteiger partial charge in [0.15, 0.2) is 0 Å². The SMILES string of the molecule is NC(=O)C(N)c1ccccc1.O=C(Nc1ccc(F)cc1)N1CCNCC1.O=CC1CCCCC1. The lowest BCUT2D eigenvalue weighted by Crippen LogP contribution is -2.48. The molecule has 0 spiro atoms. The Kier molecular flexibility index (Phi) is 12.4. The van der Waals surface area contributed by atoms with Gasteiger partial charge in [0.2, 0.25) is 5.91 Å². The second kappa shape index (κ2) is 15.6. The highest BCUT2D eigenvalue weighted by molar-refractivity contribution is 5.89. The van der Waals surface area contributed by atoms with Crippen LogP contribution in [0.5, 0.6) is 0 Å². The minimum atomic E-state index is -0.684. The number of anilines is 1. The highest BCUT2D eigenvalue weighted by Gasteiger charge is 2.15. The maximum Gasteiger partial charge on any atom is 0.321 e. The average molecular weight is 486 g/mol. The first-order valence-corrected chi connectivity index (χ1v) is 12.0. The number of carbonyl (C=O) groups excluding carboxylic acids is 3. The van der Waals surface area contributed by atoms with E-state index in [1.165, 1.54) is 31.4 Å². The van der Waals surface area contributed by atoms with Crippen molar-refractivity contribution >= 4 is 23.9 Å². The van der Waals surface area contributed by atoms with Crippen LogP contribution in [-0.2, 0) is 9.59 Å². The van der Waals surface area contributed by atoms with Crippen LogP contribution < -0.4 is 22.1 Å². The van der Waals surface area contributed by atoms with Crippen LogP contribution in [0, 0.1) is 11.7 Å². The summed E-state index contributed by atoms with van der Waals surface area (Å²) in [5.41, 5.74) is 11.8. The van der Waals surface area contributed by atoms with E-state index in [0.717, 1.165) is 37.8 Å². The number of benzene rings is 2. The highest BCUT2D eigenvalue weighted by Crippen LogP contribution is 2.21. The first-order valence-electron chi connectivity index (χ1n) is 12.0. The molecule has 2 aromatic rings. The summed E-state index contributed by atoms with van der Waals surface area (Å²) >= 11 is 0. The lowest BCUT2D eigenvalue weighted by atomic mass is 9.91. The Morgan fingerprint density at radius 3 is 2.11 bits per heavy atom. The third kappa shape index (κ3) is 10.7. The van der Waals surface area contributed by atoms with Crippen molar-refractivity contribution < 1.29 is 18.8 Å². The molecule has 2 aliphatic rings. The predicted octanol–water partition coefficient (Wildman–Crippen LogP) is 3.20. The third-order valence-corrected chi connectivity index (χ3v) is 5.81. The van der Waals surface area contributed by atoms with E-state index < -0.39 is 11.9 Å². The van der Waals surface area contributed by atoms with Gasteiger partial charge in [0.1, 0.15) is 18.1 Å². The smallest absolute Gasteiger partial charge is 0.321 e. The van der Waals surface area contributed by atoms with E-state index in [0.29, 0.717) is 24.7 Å². The van der Waals surface area contributed by atoms with Crippen molar-refractivity contribution in [2.75, 3.05) is 31.5 Å². The number of nitrogens with two attached hydrogens (primary N) is 2. The maximum atomic E-state index is 12.6. The van der Waals surface area contributed by atoms with Crippen LogP contribution in [-0.4, -0.2) is 49.3 Å². The first kappa shape index (κ1) is 27.9. The van der Waals surface area contributed by atoms with Gasteiger partial charge in [-0.3, -0.25) is 4.79 Å². The number of carbonyl (C=O) groups is 3. The largest absolute Gasteiger partial charge is 0.368 e. The molecule has 0 radical (unpaired) electrons. The van der Waals surface area contributed by atoms with Gasteiger partial charge in [-0.2, -0.15) is 0 Å². The molecule has 3 amide bonds. The lowest BCUT2D eigenvalue weighted by molar-refractivity contribution is -0.119. The number of piperazine rings is 1. The monoisotopic (exact) mass is 485 g/mol. The molecule has 1 unspecified atom stereocenters. The fourth-order valence-electron chi connectivity index (χ4n) is 3.70. The Labute approximate surface area is 206 Å². The van der Waals surface area contributed by atoms with Gasteiger partial charge in [-0.1, -0.05) is 49.6 Å². The maximum absolute atomic E-state index is 12.6. The zero-order valence-electron chi connectivity index (χ0n) is 20.0. The number of nitrogens with zero attached hydrogens (tertiary/aromatic N) is 1. The van der Waals surface area contributed by atoms with Gasteiger partial charge >= 0.3 is 6.03 Å². The Morgan fingerprint density at radius 1 is 1.00 bits per heavy atom. The number of rotatable bonds is 4.